The zero-order valence-electron chi connectivity index (χ0n) is 40.2. The van der Waals surface area contributed by atoms with E-state index < -0.39 is 127 Å². The number of hydrogen-bond donors (Lipinski definition) is 12. The molecular weight excluding hydrogens is 988 g/mol. The van der Waals surface area contributed by atoms with Crippen LogP contribution in [0.15, 0.2) is 85.1 Å². The van der Waals surface area contributed by atoms with E-state index in [2.05, 4.69) is 42.2 Å². The normalized spacial score (nSPS) is 12.8. The van der Waals surface area contributed by atoms with Crippen LogP contribution in [0.3, 0.4) is 0 Å². The maximum absolute atomic E-state index is 13.7. The molecule has 1 heterocycles. The second-order valence-electron chi connectivity index (χ2n) is 17.1. The second-order valence-corrected chi connectivity index (χ2v) is 17.1. The molecule has 24 nitrogen and oxygen atoms in total. The van der Waals surface area contributed by atoms with Crippen molar-refractivity contribution in [3.05, 3.63) is 113 Å². The Kier molecular flexibility index (Phi) is 23.0. The monoisotopic (exact) mass is 1040 g/mol. The molecule has 0 saturated heterocycles. The molecule has 0 radical (unpaired) electrons. The highest BCUT2D eigenvalue weighted by Crippen LogP contribution is 2.18. The number of urea groups is 1. The number of benzene rings is 3. The molecule has 0 spiro atoms. The number of rotatable bonds is 31. The molecule has 4 rings (SSSR count). The smallest absolute Gasteiger partial charge is 0.326 e. The number of aromatic nitrogens is 1. The van der Waals surface area contributed by atoms with E-state index in [1.165, 1.54) is 24.3 Å². The number of halogens is 1. The summed E-state index contributed by atoms with van der Waals surface area (Å²) in [5, 5.41) is 65.3. The predicted octanol–water partition coefficient (Wildman–Crippen LogP) is 2.09. The first-order chi connectivity index (χ1) is 35.7. The van der Waals surface area contributed by atoms with Crippen LogP contribution in [-0.2, 0) is 51.3 Å². The number of fused-ring (bicyclic) bond motifs is 1. The molecule has 0 unspecified atom stereocenters. The summed E-state index contributed by atoms with van der Waals surface area (Å²) in [7, 11) is 0. The SMILES string of the molecule is O=C(O)CCC[C@H](NC(=O)[C@H](CCC(=O)O)NC(=O)c1ccc(F)nc1)C(=O)NCc1ccc(C(=O)N[C@@H](Cc2ccc3ccccc3c2)C(=O)NCCCC[C@H](NC(=O)N[C@@H](CCC(=O)O)C(=O)O)C(=O)O)cc1. The van der Waals surface area contributed by atoms with Gasteiger partial charge >= 0.3 is 35.9 Å². The van der Waals surface area contributed by atoms with Crippen molar-refractivity contribution >= 4 is 76.2 Å². The Labute approximate surface area is 427 Å². The van der Waals surface area contributed by atoms with Crippen LogP contribution < -0.4 is 37.2 Å². The molecule has 0 aliphatic heterocycles. The molecular formula is C50H57FN8O16. The Morgan fingerprint density at radius 2 is 1.01 bits per heavy atom. The Hall–Kier alpha value is -9.03. The molecule has 0 bridgehead atoms. The number of aliphatic carboxylic acids is 5. The van der Waals surface area contributed by atoms with Gasteiger partial charge in [-0.25, -0.2) is 19.4 Å². The number of carbonyl (C=O) groups excluding carboxylic acids is 6. The lowest BCUT2D eigenvalue weighted by molar-refractivity contribution is -0.141. The van der Waals surface area contributed by atoms with Gasteiger partial charge in [0.25, 0.3) is 11.8 Å². The zero-order chi connectivity index (χ0) is 55.0. The minimum atomic E-state index is -1.58. The van der Waals surface area contributed by atoms with Crippen molar-refractivity contribution in [1.29, 1.82) is 0 Å². The third-order valence-electron chi connectivity index (χ3n) is 11.4. The Morgan fingerprint density at radius 1 is 0.480 bits per heavy atom. The number of nitrogens with one attached hydrogen (secondary N) is 7. The van der Waals surface area contributed by atoms with E-state index in [9.17, 15) is 77.6 Å². The predicted molar refractivity (Wildman–Crippen MR) is 261 cm³/mol. The van der Waals surface area contributed by atoms with Gasteiger partial charge in [0.1, 0.15) is 30.2 Å². The van der Waals surface area contributed by atoms with Crippen molar-refractivity contribution in [3.8, 4) is 0 Å². The lowest BCUT2D eigenvalue weighted by Crippen LogP contribution is -2.53. The van der Waals surface area contributed by atoms with Crippen LogP contribution in [0.25, 0.3) is 10.8 Å². The fourth-order valence-electron chi connectivity index (χ4n) is 7.37. The lowest BCUT2D eigenvalue weighted by Gasteiger charge is -2.23. The Morgan fingerprint density at radius 3 is 1.63 bits per heavy atom. The fourth-order valence-corrected chi connectivity index (χ4v) is 7.37. The Bertz CT molecular complexity index is 2710. The maximum Gasteiger partial charge on any atom is 0.326 e. The van der Waals surface area contributed by atoms with Crippen molar-refractivity contribution in [2.24, 2.45) is 0 Å². The molecule has 5 atom stereocenters. The van der Waals surface area contributed by atoms with Crippen LogP contribution >= 0.6 is 0 Å². The molecule has 0 fully saturated rings. The van der Waals surface area contributed by atoms with Crippen LogP contribution in [0, 0.1) is 5.95 Å². The fraction of sp³-hybridized carbons (Fsp3) is 0.360. The number of carbonyl (C=O) groups is 11. The van der Waals surface area contributed by atoms with Gasteiger partial charge in [0.2, 0.25) is 23.7 Å². The van der Waals surface area contributed by atoms with E-state index in [-0.39, 0.29) is 69.2 Å². The van der Waals surface area contributed by atoms with E-state index in [1.807, 2.05) is 42.5 Å². The van der Waals surface area contributed by atoms with E-state index in [1.54, 1.807) is 0 Å². The summed E-state index contributed by atoms with van der Waals surface area (Å²) >= 11 is 0. The maximum atomic E-state index is 13.7. The van der Waals surface area contributed by atoms with Crippen molar-refractivity contribution < 1.29 is 82.7 Å². The van der Waals surface area contributed by atoms with Crippen molar-refractivity contribution in [1.82, 2.24) is 42.2 Å². The molecule has 75 heavy (non-hydrogen) atoms. The zero-order valence-corrected chi connectivity index (χ0v) is 40.2. The number of amides is 7. The van der Waals surface area contributed by atoms with Crippen molar-refractivity contribution in [2.45, 2.75) is 107 Å². The minimum Gasteiger partial charge on any atom is -0.481 e. The molecule has 400 valence electrons. The summed E-state index contributed by atoms with van der Waals surface area (Å²) in [6.07, 6.45) is -1.31. The summed E-state index contributed by atoms with van der Waals surface area (Å²) in [6.45, 7) is -0.119. The van der Waals surface area contributed by atoms with Crippen LogP contribution in [0.2, 0.25) is 0 Å². The van der Waals surface area contributed by atoms with Crippen LogP contribution in [0.4, 0.5) is 9.18 Å². The lowest BCUT2D eigenvalue weighted by atomic mass is 10.0. The first-order valence-corrected chi connectivity index (χ1v) is 23.5. The number of unbranched alkanes of at least 4 members (excludes halogenated alkanes) is 1. The summed E-state index contributed by atoms with van der Waals surface area (Å²) in [5.41, 5.74) is 1.17. The van der Waals surface area contributed by atoms with E-state index in [0.29, 0.717) is 11.1 Å². The first-order valence-electron chi connectivity index (χ1n) is 23.5. The molecule has 7 amide bonds. The number of pyridine rings is 1. The van der Waals surface area contributed by atoms with Crippen LogP contribution in [-0.4, -0.2) is 133 Å². The minimum absolute atomic E-state index is 0.0273. The number of hydrogen-bond acceptors (Lipinski definition) is 12. The van der Waals surface area contributed by atoms with Gasteiger partial charge in [0.15, 0.2) is 0 Å². The highest BCUT2D eigenvalue weighted by molar-refractivity contribution is 5.99. The van der Waals surface area contributed by atoms with Gasteiger partial charge in [-0.15, -0.1) is 0 Å². The van der Waals surface area contributed by atoms with Gasteiger partial charge in [0, 0.05) is 50.5 Å². The number of nitrogens with zero attached hydrogens (tertiary/aromatic N) is 1. The summed E-state index contributed by atoms with van der Waals surface area (Å²) in [4.78, 5) is 140. The molecule has 25 heteroatoms. The highest BCUT2D eigenvalue weighted by Gasteiger charge is 2.29. The standard InChI is InChI=1S/C50H57FN8O16/c51-39-20-17-33(27-53-39)44(67)55-35(18-21-41(62)63)47(70)56-34(9-5-10-40(60)61)45(68)54-26-28-11-15-31(16-12-28)43(66)57-38(25-29-13-14-30-6-1-2-7-32(30)24-29)46(69)52-23-4-3-8-36(48(71)72)58-50(75)59-37(49(73)74)19-22-42(64)65/h1-2,6-7,11-17,20,24,27,34-38H,3-5,8-10,18-19,21-23,25-26H2,(H,52,69)(H,54,68)(H,55,67)(H,56,70)(H,57,66)(H,60,61)(H,62,63)(H,64,65)(H,71,72)(H,73,74)(H2,58,59,75)/t34-,35-,36-,37-,38-/m0/s1. The third kappa shape index (κ3) is 20.5. The number of carboxylic acids is 5. The first kappa shape index (κ1) is 58.5. The van der Waals surface area contributed by atoms with Crippen LogP contribution in [0.1, 0.15) is 96.1 Å². The van der Waals surface area contributed by atoms with Crippen molar-refractivity contribution in [2.75, 3.05) is 6.54 Å². The largest absolute Gasteiger partial charge is 0.481 e. The quantitative estimate of drug-likeness (QED) is 0.0254. The molecule has 0 aliphatic rings. The van der Waals surface area contributed by atoms with Gasteiger partial charge in [-0.1, -0.05) is 54.6 Å². The topological polar surface area (TPSA) is 386 Å². The average Bonchev–Trinajstić information content (AvgIpc) is 3.36. The van der Waals surface area contributed by atoms with E-state index in [0.717, 1.165) is 29.1 Å². The average molecular weight is 1050 g/mol. The van der Waals surface area contributed by atoms with Crippen LogP contribution in [0.5, 0.6) is 0 Å². The molecule has 1 aromatic heterocycles. The van der Waals surface area contributed by atoms with Gasteiger partial charge in [-0.2, -0.15) is 4.39 Å². The Balaban J connectivity index is 1.39. The van der Waals surface area contributed by atoms with Crippen molar-refractivity contribution in [3.63, 3.8) is 0 Å². The molecule has 3 aromatic carbocycles. The number of carboxylic acid groups (broad SMARTS) is 5. The van der Waals surface area contributed by atoms with Gasteiger partial charge in [-0.3, -0.25) is 38.4 Å². The molecule has 0 saturated carbocycles. The molecule has 12 N–H and O–H groups in total. The van der Waals surface area contributed by atoms with E-state index >= 15 is 0 Å². The third-order valence-corrected chi connectivity index (χ3v) is 11.4. The van der Waals surface area contributed by atoms with E-state index in [4.69, 9.17) is 5.11 Å². The summed E-state index contributed by atoms with van der Waals surface area (Å²) in [6, 6.07) is 12.9. The summed E-state index contributed by atoms with van der Waals surface area (Å²) < 4.78 is 13.3. The van der Waals surface area contributed by atoms with Gasteiger partial charge < -0.3 is 62.8 Å². The molecule has 0 aliphatic carbocycles. The van der Waals surface area contributed by atoms with Gasteiger partial charge in [-0.05, 0) is 91.1 Å². The summed E-state index contributed by atoms with van der Waals surface area (Å²) in [5.74, 6) is -11.4. The molecule has 4 aromatic rings. The second kappa shape index (κ2) is 29.5. The van der Waals surface area contributed by atoms with Gasteiger partial charge in [0.05, 0.1) is 5.56 Å². The highest BCUT2D eigenvalue weighted by atomic mass is 19.1.